The van der Waals surface area contributed by atoms with Crippen LogP contribution in [0.4, 0.5) is 4.79 Å². The summed E-state index contributed by atoms with van der Waals surface area (Å²) in [6, 6.07) is 1.79. The maximum atomic E-state index is 12.1. The van der Waals surface area contributed by atoms with E-state index in [1.807, 2.05) is 39.0 Å². The largest absolute Gasteiger partial charge is 0.489 e. The zero-order chi connectivity index (χ0) is 15.5. The Labute approximate surface area is 138 Å². The maximum absolute atomic E-state index is 12.1. The van der Waals surface area contributed by atoms with Gasteiger partial charge in [-0.25, -0.2) is 4.79 Å². The molecule has 114 valence electrons. The number of carbonyl (C=O) groups is 1. The third-order valence-corrected chi connectivity index (χ3v) is 3.38. The zero-order valence-electron chi connectivity index (χ0n) is 12.4. The first-order chi connectivity index (χ1) is 9.85. The Kier molecular flexibility index (Phi) is 5.08. The molecule has 1 aliphatic heterocycles. The molecule has 1 atom stereocenters. The van der Waals surface area contributed by atoms with E-state index in [1.165, 1.54) is 0 Å². The van der Waals surface area contributed by atoms with Gasteiger partial charge in [0.25, 0.3) is 0 Å². The van der Waals surface area contributed by atoms with Gasteiger partial charge in [0.2, 0.25) is 0 Å². The summed E-state index contributed by atoms with van der Waals surface area (Å²) in [6.45, 7) is 6.51. The van der Waals surface area contributed by atoms with E-state index in [4.69, 9.17) is 9.47 Å². The molecule has 6 heteroatoms. The highest BCUT2D eigenvalue weighted by Gasteiger charge is 2.29. The monoisotopic (exact) mass is 402 g/mol. The lowest BCUT2D eigenvalue weighted by Gasteiger charge is -2.28. The highest BCUT2D eigenvalue weighted by molar-refractivity contribution is 14.1. The standard InChI is InChI=1S/C15H19IN2O3/c1-15(2,3)21-14(19)18-6-4-5-12(18)10-20-13-7-11(16)8-17-9-13/h4-5,7-9,12H,6,10H2,1-3H3/t12-/m0/s1. The fraction of sp³-hybridized carbons (Fsp3) is 0.467. The molecule has 0 saturated heterocycles. The third-order valence-electron chi connectivity index (χ3n) is 2.79. The Morgan fingerprint density at radius 1 is 1.48 bits per heavy atom. The van der Waals surface area contributed by atoms with Crippen LogP contribution in [0.1, 0.15) is 20.8 Å². The molecule has 1 aromatic rings. The van der Waals surface area contributed by atoms with E-state index < -0.39 is 5.60 Å². The molecule has 1 aliphatic rings. The van der Waals surface area contributed by atoms with Crippen LogP contribution in [0.3, 0.4) is 0 Å². The number of amides is 1. The molecule has 5 nitrogen and oxygen atoms in total. The number of rotatable bonds is 3. The van der Waals surface area contributed by atoms with Crippen molar-refractivity contribution in [2.45, 2.75) is 32.4 Å². The molecule has 0 aromatic carbocycles. The first kappa shape index (κ1) is 16.1. The van der Waals surface area contributed by atoms with Gasteiger partial charge >= 0.3 is 6.09 Å². The summed E-state index contributed by atoms with van der Waals surface area (Å²) < 4.78 is 12.1. The van der Waals surface area contributed by atoms with Crippen LogP contribution in [-0.4, -0.2) is 40.8 Å². The van der Waals surface area contributed by atoms with Crippen molar-refractivity contribution in [3.8, 4) is 5.75 Å². The number of halogens is 1. The van der Waals surface area contributed by atoms with Crippen molar-refractivity contribution < 1.29 is 14.3 Å². The van der Waals surface area contributed by atoms with E-state index in [-0.39, 0.29) is 12.1 Å². The minimum Gasteiger partial charge on any atom is -0.489 e. The lowest BCUT2D eigenvalue weighted by atomic mass is 10.2. The van der Waals surface area contributed by atoms with E-state index in [9.17, 15) is 4.79 Å². The van der Waals surface area contributed by atoms with E-state index in [2.05, 4.69) is 27.6 Å². The summed E-state index contributed by atoms with van der Waals surface area (Å²) in [5, 5.41) is 0. The SMILES string of the molecule is CC(C)(C)OC(=O)N1CC=C[C@H]1COc1cncc(I)c1. The number of nitrogens with zero attached hydrogens (tertiary/aromatic N) is 2. The van der Waals surface area contributed by atoms with Gasteiger partial charge in [0.15, 0.2) is 0 Å². The Bertz CT molecular complexity index is 540. The van der Waals surface area contributed by atoms with Crippen molar-refractivity contribution in [2.75, 3.05) is 13.2 Å². The van der Waals surface area contributed by atoms with E-state index in [0.717, 1.165) is 3.57 Å². The summed E-state index contributed by atoms with van der Waals surface area (Å²) in [6.07, 6.45) is 7.02. The van der Waals surface area contributed by atoms with E-state index in [0.29, 0.717) is 18.9 Å². The zero-order valence-corrected chi connectivity index (χ0v) is 14.5. The molecule has 2 heterocycles. The second-order valence-electron chi connectivity index (χ2n) is 5.78. The summed E-state index contributed by atoms with van der Waals surface area (Å²) >= 11 is 2.18. The van der Waals surface area contributed by atoms with Gasteiger partial charge < -0.3 is 9.47 Å². The topological polar surface area (TPSA) is 51.7 Å². The van der Waals surface area contributed by atoms with Crippen LogP contribution in [0, 0.1) is 3.57 Å². The lowest BCUT2D eigenvalue weighted by Crippen LogP contribution is -2.42. The number of carbonyl (C=O) groups excluding carboxylic acids is 1. The van der Waals surface area contributed by atoms with E-state index >= 15 is 0 Å². The Morgan fingerprint density at radius 2 is 2.24 bits per heavy atom. The molecule has 0 fully saturated rings. The molecule has 0 N–H and O–H groups in total. The third kappa shape index (κ3) is 4.87. The predicted octanol–water partition coefficient (Wildman–Crippen LogP) is 3.24. The number of pyridine rings is 1. The predicted molar refractivity (Wildman–Crippen MR) is 88.3 cm³/mol. The second-order valence-corrected chi connectivity index (χ2v) is 7.02. The molecule has 1 amide bonds. The van der Waals surface area contributed by atoms with Crippen LogP contribution in [0.25, 0.3) is 0 Å². The van der Waals surface area contributed by atoms with Gasteiger partial charge in [-0.3, -0.25) is 9.88 Å². The normalized spacial score (nSPS) is 17.9. The van der Waals surface area contributed by atoms with Gasteiger partial charge in [0.1, 0.15) is 18.0 Å². The van der Waals surface area contributed by atoms with Gasteiger partial charge in [0.05, 0.1) is 12.2 Å². The summed E-state index contributed by atoms with van der Waals surface area (Å²) in [4.78, 5) is 17.9. The van der Waals surface area contributed by atoms with Crippen molar-refractivity contribution >= 4 is 28.7 Å². The summed E-state index contributed by atoms with van der Waals surface area (Å²) in [5.74, 6) is 0.700. The molecule has 1 aromatic heterocycles. The molecule has 0 unspecified atom stereocenters. The first-order valence-electron chi connectivity index (χ1n) is 6.75. The van der Waals surface area contributed by atoms with Gasteiger partial charge in [-0.05, 0) is 49.4 Å². The summed E-state index contributed by atoms with van der Waals surface area (Å²) in [7, 11) is 0. The minimum absolute atomic E-state index is 0.113. The Balaban J connectivity index is 1.93. The number of hydrogen-bond donors (Lipinski definition) is 0. The van der Waals surface area contributed by atoms with E-state index in [1.54, 1.807) is 17.3 Å². The quantitative estimate of drug-likeness (QED) is 0.576. The molecular weight excluding hydrogens is 383 g/mol. The van der Waals surface area contributed by atoms with Crippen molar-refractivity contribution in [2.24, 2.45) is 0 Å². The first-order valence-corrected chi connectivity index (χ1v) is 7.83. The smallest absolute Gasteiger partial charge is 0.411 e. The van der Waals surface area contributed by atoms with Gasteiger partial charge in [-0.15, -0.1) is 0 Å². The van der Waals surface area contributed by atoms with Gasteiger partial charge in [0, 0.05) is 16.3 Å². The van der Waals surface area contributed by atoms with Crippen LogP contribution in [0.2, 0.25) is 0 Å². The minimum atomic E-state index is -0.495. The molecule has 0 bridgehead atoms. The number of ether oxygens (including phenoxy) is 2. The molecule has 0 saturated carbocycles. The lowest BCUT2D eigenvalue weighted by molar-refractivity contribution is 0.0208. The molecule has 2 rings (SSSR count). The van der Waals surface area contributed by atoms with Crippen molar-refractivity contribution in [3.05, 3.63) is 34.2 Å². The average molecular weight is 402 g/mol. The molecule has 0 radical (unpaired) electrons. The highest BCUT2D eigenvalue weighted by Crippen LogP contribution is 2.18. The fourth-order valence-corrected chi connectivity index (χ4v) is 2.37. The van der Waals surface area contributed by atoms with Crippen molar-refractivity contribution in [1.29, 1.82) is 0 Å². The summed E-state index contributed by atoms with van der Waals surface area (Å²) in [5.41, 5.74) is -0.495. The highest BCUT2D eigenvalue weighted by atomic mass is 127. The molecular formula is C15H19IN2O3. The van der Waals surface area contributed by atoms with Crippen LogP contribution in [0.15, 0.2) is 30.6 Å². The number of aromatic nitrogens is 1. The Morgan fingerprint density at radius 3 is 2.90 bits per heavy atom. The van der Waals surface area contributed by atoms with Crippen molar-refractivity contribution in [1.82, 2.24) is 9.88 Å². The van der Waals surface area contributed by atoms with Crippen molar-refractivity contribution in [3.63, 3.8) is 0 Å². The average Bonchev–Trinajstić information content (AvgIpc) is 2.83. The van der Waals surface area contributed by atoms with Crippen LogP contribution < -0.4 is 4.74 Å². The van der Waals surface area contributed by atoms with Gasteiger partial charge in [-0.1, -0.05) is 12.2 Å². The molecule has 0 aliphatic carbocycles. The van der Waals surface area contributed by atoms with Gasteiger partial charge in [-0.2, -0.15) is 0 Å². The fourth-order valence-electron chi connectivity index (χ4n) is 1.90. The molecule has 21 heavy (non-hydrogen) atoms. The van der Waals surface area contributed by atoms with Crippen LogP contribution >= 0.6 is 22.6 Å². The maximum Gasteiger partial charge on any atom is 0.411 e. The second kappa shape index (κ2) is 6.64. The van der Waals surface area contributed by atoms with Crippen LogP contribution in [-0.2, 0) is 4.74 Å². The Hall–Kier alpha value is -1.31. The number of hydrogen-bond acceptors (Lipinski definition) is 4. The molecule has 0 spiro atoms. The van der Waals surface area contributed by atoms with Crippen LogP contribution in [0.5, 0.6) is 5.75 Å².